The number of methoxy groups -OCH3 is 1. The van der Waals surface area contributed by atoms with Crippen LogP contribution in [0.25, 0.3) is 0 Å². The van der Waals surface area contributed by atoms with Crippen molar-refractivity contribution in [2.24, 2.45) is 11.0 Å². The van der Waals surface area contributed by atoms with Crippen molar-refractivity contribution in [3.63, 3.8) is 0 Å². The number of amides is 1. The van der Waals surface area contributed by atoms with Crippen LogP contribution in [-0.2, 0) is 14.3 Å². The van der Waals surface area contributed by atoms with Crippen LogP contribution in [0.4, 0.5) is 0 Å². The normalized spacial score (nSPS) is 12.0. The van der Waals surface area contributed by atoms with E-state index < -0.39 is 0 Å². The molecule has 0 aromatic carbocycles. The third-order valence-corrected chi connectivity index (χ3v) is 3.76. The minimum Gasteiger partial charge on any atom is -0.469 e. The molecule has 0 aliphatic rings. The van der Waals surface area contributed by atoms with Crippen LogP contribution in [0.3, 0.4) is 0 Å². The Kier molecular flexibility index (Phi) is 13.9. The first-order valence-corrected chi connectivity index (χ1v) is 8.96. The molecule has 5 heteroatoms. The molecule has 0 aliphatic heterocycles. The first-order valence-electron chi connectivity index (χ1n) is 8.96. The van der Waals surface area contributed by atoms with Gasteiger partial charge in [0.1, 0.15) is 0 Å². The van der Waals surface area contributed by atoms with E-state index in [0.717, 1.165) is 44.9 Å². The van der Waals surface area contributed by atoms with E-state index in [-0.39, 0.29) is 11.9 Å². The zero-order chi connectivity index (χ0) is 18.2. The van der Waals surface area contributed by atoms with Gasteiger partial charge in [-0.2, -0.15) is 5.10 Å². The van der Waals surface area contributed by atoms with Crippen molar-refractivity contribution in [2.75, 3.05) is 7.11 Å². The number of hydrogen-bond acceptors (Lipinski definition) is 4. The lowest BCUT2D eigenvalue weighted by atomic mass is 10.0. The van der Waals surface area contributed by atoms with E-state index in [0.29, 0.717) is 18.8 Å². The predicted octanol–water partition coefficient (Wildman–Crippen LogP) is 4.37. The molecule has 5 nitrogen and oxygen atoms in total. The SMILES string of the molecule is COC(=O)CCCCCCC(=O)N/N=C/C[C@H](C)CCC=C(C)C. The Morgan fingerprint density at radius 3 is 2.42 bits per heavy atom. The monoisotopic (exact) mass is 338 g/mol. The summed E-state index contributed by atoms with van der Waals surface area (Å²) in [6, 6.07) is 0. The molecule has 0 saturated carbocycles. The van der Waals surface area contributed by atoms with Crippen molar-refractivity contribution in [1.29, 1.82) is 0 Å². The molecule has 0 fully saturated rings. The van der Waals surface area contributed by atoms with Crippen LogP contribution < -0.4 is 5.43 Å². The summed E-state index contributed by atoms with van der Waals surface area (Å²) in [6.45, 7) is 6.42. The number of hydrazone groups is 1. The van der Waals surface area contributed by atoms with Gasteiger partial charge in [0.05, 0.1) is 7.11 Å². The summed E-state index contributed by atoms with van der Waals surface area (Å²) in [5.74, 6) is 0.352. The van der Waals surface area contributed by atoms with E-state index in [1.54, 1.807) is 6.21 Å². The molecular weight excluding hydrogens is 304 g/mol. The average molecular weight is 338 g/mol. The topological polar surface area (TPSA) is 67.8 Å². The van der Waals surface area contributed by atoms with Crippen molar-refractivity contribution in [1.82, 2.24) is 5.43 Å². The fourth-order valence-corrected chi connectivity index (χ4v) is 2.19. The van der Waals surface area contributed by atoms with Gasteiger partial charge in [0.2, 0.25) is 5.91 Å². The number of hydrogen-bond donors (Lipinski definition) is 1. The van der Waals surface area contributed by atoms with E-state index in [9.17, 15) is 9.59 Å². The molecule has 1 amide bonds. The second-order valence-corrected chi connectivity index (χ2v) is 6.54. The van der Waals surface area contributed by atoms with Gasteiger partial charge < -0.3 is 4.74 Å². The van der Waals surface area contributed by atoms with E-state index >= 15 is 0 Å². The minimum atomic E-state index is -0.169. The third kappa shape index (κ3) is 15.3. The van der Waals surface area contributed by atoms with Crippen LogP contribution in [0.15, 0.2) is 16.8 Å². The van der Waals surface area contributed by atoms with Crippen molar-refractivity contribution >= 4 is 18.1 Å². The first kappa shape index (κ1) is 22.4. The second kappa shape index (κ2) is 14.9. The first-order chi connectivity index (χ1) is 11.5. The van der Waals surface area contributed by atoms with E-state index in [1.807, 2.05) is 0 Å². The van der Waals surface area contributed by atoms with Crippen LogP contribution in [0, 0.1) is 5.92 Å². The van der Waals surface area contributed by atoms with Gasteiger partial charge in [-0.3, -0.25) is 9.59 Å². The van der Waals surface area contributed by atoms with Crippen LogP contribution in [-0.4, -0.2) is 25.2 Å². The molecule has 0 saturated heterocycles. The number of nitrogens with zero attached hydrogens (tertiary/aromatic N) is 1. The fourth-order valence-electron chi connectivity index (χ4n) is 2.19. The molecule has 1 N–H and O–H groups in total. The van der Waals surface area contributed by atoms with Gasteiger partial charge in [-0.1, -0.05) is 31.4 Å². The predicted molar refractivity (Wildman–Crippen MR) is 98.8 cm³/mol. The van der Waals surface area contributed by atoms with Gasteiger partial charge in [-0.05, 0) is 51.9 Å². The molecular formula is C19H34N2O3. The molecule has 0 heterocycles. The highest BCUT2D eigenvalue weighted by Gasteiger charge is 2.02. The van der Waals surface area contributed by atoms with E-state index in [4.69, 9.17) is 0 Å². The molecule has 0 radical (unpaired) electrons. The largest absolute Gasteiger partial charge is 0.469 e. The van der Waals surface area contributed by atoms with Crippen molar-refractivity contribution in [2.45, 2.75) is 78.6 Å². The molecule has 0 aliphatic carbocycles. The standard InChI is InChI=1S/C19H34N2O3/c1-16(2)10-9-11-17(3)14-15-20-21-18(22)12-7-5-6-8-13-19(23)24-4/h10,15,17H,5-9,11-14H2,1-4H3,(H,21,22)/b20-15+/t17-/m1/s1. The Morgan fingerprint density at radius 2 is 1.79 bits per heavy atom. The number of carbonyl (C=O) groups excluding carboxylic acids is 2. The zero-order valence-corrected chi connectivity index (χ0v) is 15.8. The second-order valence-electron chi connectivity index (χ2n) is 6.54. The van der Waals surface area contributed by atoms with Crippen LogP contribution in [0.2, 0.25) is 0 Å². The third-order valence-electron chi connectivity index (χ3n) is 3.76. The number of rotatable bonds is 13. The molecule has 0 unspecified atom stereocenters. The maximum Gasteiger partial charge on any atom is 0.305 e. The van der Waals surface area contributed by atoms with Gasteiger partial charge in [-0.15, -0.1) is 0 Å². The van der Waals surface area contributed by atoms with Gasteiger partial charge in [-0.25, -0.2) is 5.43 Å². The molecule has 0 aromatic heterocycles. The smallest absolute Gasteiger partial charge is 0.305 e. The summed E-state index contributed by atoms with van der Waals surface area (Å²) in [5.41, 5.74) is 3.93. The van der Waals surface area contributed by atoms with Gasteiger partial charge in [0.15, 0.2) is 0 Å². The minimum absolute atomic E-state index is 0.0450. The van der Waals surface area contributed by atoms with Crippen LogP contribution >= 0.6 is 0 Å². The van der Waals surface area contributed by atoms with Crippen molar-refractivity contribution in [3.8, 4) is 0 Å². The lowest BCUT2D eigenvalue weighted by Crippen LogP contribution is -2.17. The lowest BCUT2D eigenvalue weighted by Gasteiger charge is -2.06. The van der Waals surface area contributed by atoms with Gasteiger partial charge in [0.25, 0.3) is 0 Å². The quantitative estimate of drug-likeness (QED) is 0.178. The summed E-state index contributed by atoms with van der Waals surface area (Å²) in [6.07, 6.45) is 11.6. The number of unbranched alkanes of at least 4 members (excludes halogenated alkanes) is 3. The Balaban J connectivity index is 3.57. The molecule has 0 bridgehead atoms. The fraction of sp³-hybridized carbons (Fsp3) is 0.737. The summed E-state index contributed by atoms with van der Waals surface area (Å²) in [5, 5.41) is 4.00. The summed E-state index contributed by atoms with van der Waals surface area (Å²) < 4.78 is 4.58. The highest BCUT2D eigenvalue weighted by atomic mass is 16.5. The summed E-state index contributed by atoms with van der Waals surface area (Å²) in [7, 11) is 1.40. The highest BCUT2D eigenvalue weighted by molar-refractivity contribution is 5.76. The maximum absolute atomic E-state index is 11.6. The summed E-state index contributed by atoms with van der Waals surface area (Å²) >= 11 is 0. The van der Waals surface area contributed by atoms with Gasteiger partial charge in [0, 0.05) is 19.1 Å². The van der Waals surface area contributed by atoms with Gasteiger partial charge >= 0.3 is 5.97 Å². The number of carbonyl (C=O) groups is 2. The van der Waals surface area contributed by atoms with Crippen LogP contribution in [0.1, 0.15) is 78.6 Å². The molecule has 24 heavy (non-hydrogen) atoms. The number of ether oxygens (including phenoxy) is 1. The Bertz CT molecular complexity index is 413. The number of allylic oxidation sites excluding steroid dienone is 2. The van der Waals surface area contributed by atoms with Crippen LogP contribution in [0.5, 0.6) is 0 Å². The summed E-state index contributed by atoms with van der Waals surface area (Å²) in [4.78, 5) is 22.5. The molecule has 0 spiro atoms. The van der Waals surface area contributed by atoms with E-state index in [2.05, 4.69) is 42.1 Å². The lowest BCUT2D eigenvalue weighted by molar-refractivity contribution is -0.140. The zero-order valence-electron chi connectivity index (χ0n) is 15.8. The molecule has 1 atom stereocenters. The Morgan fingerprint density at radius 1 is 1.12 bits per heavy atom. The Hall–Kier alpha value is -1.65. The van der Waals surface area contributed by atoms with E-state index in [1.165, 1.54) is 12.7 Å². The highest BCUT2D eigenvalue weighted by Crippen LogP contribution is 2.10. The Labute approximate surface area is 146 Å². The maximum atomic E-state index is 11.6. The van der Waals surface area contributed by atoms with Crippen molar-refractivity contribution < 1.29 is 14.3 Å². The number of esters is 1. The van der Waals surface area contributed by atoms with Crippen molar-refractivity contribution in [3.05, 3.63) is 11.6 Å². The molecule has 0 aromatic rings. The average Bonchev–Trinajstić information content (AvgIpc) is 2.54. The molecule has 0 rings (SSSR count). The number of nitrogens with one attached hydrogen (secondary N) is 1. The molecule has 138 valence electrons.